The Labute approximate surface area is 153 Å². The summed E-state index contributed by atoms with van der Waals surface area (Å²) >= 11 is 0. The Morgan fingerprint density at radius 1 is 1.04 bits per heavy atom. The number of nitrogens with one attached hydrogen (secondary N) is 3. The van der Waals surface area contributed by atoms with Gasteiger partial charge in [0, 0.05) is 6.54 Å². The smallest absolute Gasteiger partial charge is 0.315 e. The molecule has 0 heterocycles. The van der Waals surface area contributed by atoms with Gasteiger partial charge in [-0.05, 0) is 37.1 Å². The molecule has 3 N–H and O–H groups in total. The Hall–Kier alpha value is -3.33. The van der Waals surface area contributed by atoms with Crippen molar-refractivity contribution in [3.63, 3.8) is 0 Å². The molecule has 0 fully saturated rings. The number of hydrogen-bond acceptors (Lipinski definition) is 3. The lowest BCUT2D eigenvalue weighted by Gasteiger charge is -2.15. The molecule has 0 aromatic heterocycles. The van der Waals surface area contributed by atoms with Crippen molar-refractivity contribution in [1.29, 1.82) is 5.26 Å². The molecule has 0 bridgehead atoms. The van der Waals surface area contributed by atoms with Gasteiger partial charge in [0.1, 0.15) is 0 Å². The van der Waals surface area contributed by atoms with Crippen LogP contribution in [0.1, 0.15) is 35.2 Å². The van der Waals surface area contributed by atoms with Gasteiger partial charge in [-0.25, -0.2) is 4.79 Å². The molecule has 2 aromatic carbocycles. The zero-order valence-corrected chi connectivity index (χ0v) is 14.9. The van der Waals surface area contributed by atoms with E-state index in [0.29, 0.717) is 12.1 Å². The summed E-state index contributed by atoms with van der Waals surface area (Å²) in [5.41, 5.74) is 3.61. The Morgan fingerprint density at radius 3 is 2.31 bits per heavy atom. The molecule has 2 rings (SSSR count). The highest BCUT2D eigenvalue weighted by atomic mass is 16.2. The van der Waals surface area contributed by atoms with Crippen LogP contribution in [-0.4, -0.2) is 18.5 Å². The Balaban J connectivity index is 1.72. The standard InChI is InChI=1S/C20H22N4O2/c1-14-3-5-17(6-4-14)12-22-20(26)23-13-19(25)24-15(2)18-9-7-16(11-21)8-10-18/h3-10,15H,12-13H2,1-2H3,(H,24,25)(H2,22,23,26). The Morgan fingerprint density at radius 2 is 1.69 bits per heavy atom. The molecule has 0 saturated heterocycles. The first kappa shape index (κ1) is 19.0. The summed E-state index contributed by atoms with van der Waals surface area (Å²) in [5.74, 6) is -0.285. The first-order valence-electron chi connectivity index (χ1n) is 8.34. The van der Waals surface area contributed by atoms with E-state index in [1.165, 1.54) is 0 Å². The average molecular weight is 350 g/mol. The van der Waals surface area contributed by atoms with Gasteiger partial charge in [0.05, 0.1) is 24.2 Å². The Bertz CT molecular complexity index is 792. The van der Waals surface area contributed by atoms with Crippen LogP contribution >= 0.6 is 0 Å². The van der Waals surface area contributed by atoms with Crippen LogP contribution in [0.15, 0.2) is 48.5 Å². The number of nitrogens with zero attached hydrogens (tertiary/aromatic N) is 1. The van der Waals surface area contributed by atoms with Gasteiger partial charge in [-0.1, -0.05) is 42.0 Å². The molecule has 134 valence electrons. The summed E-state index contributed by atoms with van der Waals surface area (Å²) in [4.78, 5) is 23.7. The molecule has 1 unspecified atom stereocenters. The van der Waals surface area contributed by atoms with Crippen LogP contribution in [0.4, 0.5) is 4.79 Å². The SMILES string of the molecule is Cc1ccc(CNC(=O)NCC(=O)NC(C)c2ccc(C#N)cc2)cc1. The lowest BCUT2D eigenvalue weighted by molar-refractivity contribution is -0.120. The van der Waals surface area contributed by atoms with Crippen LogP contribution in [0.5, 0.6) is 0 Å². The van der Waals surface area contributed by atoms with Crippen LogP contribution in [0.3, 0.4) is 0 Å². The van der Waals surface area contributed by atoms with Crippen molar-refractivity contribution < 1.29 is 9.59 Å². The lowest BCUT2D eigenvalue weighted by atomic mass is 10.1. The maximum Gasteiger partial charge on any atom is 0.315 e. The number of rotatable bonds is 6. The van der Waals surface area contributed by atoms with Gasteiger partial charge >= 0.3 is 6.03 Å². The molecule has 3 amide bonds. The van der Waals surface area contributed by atoms with Crippen molar-refractivity contribution in [3.05, 3.63) is 70.8 Å². The third-order valence-electron chi connectivity index (χ3n) is 3.90. The highest BCUT2D eigenvalue weighted by molar-refractivity contribution is 5.84. The largest absolute Gasteiger partial charge is 0.348 e. The van der Waals surface area contributed by atoms with E-state index < -0.39 is 6.03 Å². The number of nitriles is 1. The first-order chi connectivity index (χ1) is 12.5. The van der Waals surface area contributed by atoms with Crippen LogP contribution in [-0.2, 0) is 11.3 Å². The van der Waals surface area contributed by atoms with Crippen molar-refractivity contribution in [3.8, 4) is 6.07 Å². The fourth-order valence-electron chi connectivity index (χ4n) is 2.33. The Kier molecular flexibility index (Phi) is 6.75. The minimum Gasteiger partial charge on any atom is -0.348 e. The number of carbonyl (C=O) groups excluding carboxylic acids is 2. The molecule has 0 aliphatic carbocycles. The van der Waals surface area contributed by atoms with E-state index in [1.807, 2.05) is 38.1 Å². The quantitative estimate of drug-likeness (QED) is 0.747. The molecule has 2 aromatic rings. The molecule has 0 spiro atoms. The molecular formula is C20H22N4O2. The summed E-state index contributed by atoms with van der Waals surface area (Å²) in [6.45, 7) is 4.13. The zero-order chi connectivity index (χ0) is 18.9. The lowest BCUT2D eigenvalue weighted by Crippen LogP contribution is -2.42. The number of urea groups is 1. The summed E-state index contributed by atoms with van der Waals surface area (Å²) in [6.07, 6.45) is 0. The van der Waals surface area contributed by atoms with Gasteiger partial charge in [0.2, 0.25) is 5.91 Å². The molecule has 6 heteroatoms. The number of carbonyl (C=O) groups is 2. The molecular weight excluding hydrogens is 328 g/mol. The predicted octanol–water partition coefficient (Wildman–Crippen LogP) is 2.54. The van der Waals surface area contributed by atoms with E-state index in [2.05, 4.69) is 22.0 Å². The summed E-state index contributed by atoms with van der Waals surface area (Å²) < 4.78 is 0. The molecule has 0 saturated carbocycles. The van der Waals surface area contributed by atoms with Gasteiger partial charge < -0.3 is 16.0 Å². The van der Waals surface area contributed by atoms with E-state index in [9.17, 15) is 9.59 Å². The third-order valence-corrected chi connectivity index (χ3v) is 3.90. The van der Waals surface area contributed by atoms with Crippen LogP contribution < -0.4 is 16.0 Å². The van der Waals surface area contributed by atoms with E-state index in [1.54, 1.807) is 24.3 Å². The van der Waals surface area contributed by atoms with Crippen molar-refractivity contribution in [2.45, 2.75) is 26.4 Å². The first-order valence-corrected chi connectivity index (χ1v) is 8.34. The van der Waals surface area contributed by atoms with E-state index >= 15 is 0 Å². The zero-order valence-electron chi connectivity index (χ0n) is 14.9. The van der Waals surface area contributed by atoms with Gasteiger partial charge in [0.25, 0.3) is 0 Å². The van der Waals surface area contributed by atoms with Gasteiger partial charge in [-0.15, -0.1) is 0 Å². The number of hydrogen-bond donors (Lipinski definition) is 3. The normalized spacial score (nSPS) is 11.1. The molecule has 0 radical (unpaired) electrons. The second-order valence-electron chi connectivity index (χ2n) is 6.04. The van der Waals surface area contributed by atoms with Gasteiger partial charge in [0.15, 0.2) is 0 Å². The molecule has 6 nitrogen and oxygen atoms in total. The molecule has 0 aliphatic rings. The van der Waals surface area contributed by atoms with Crippen LogP contribution in [0.2, 0.25) is 0 Å². The molecule has 1 atom stereocenters. The second-order valence-corrected chi connectivity index (χ2v) is 6.04. The van der Waals surface area contributed by atoms with E-state index in [0.717, 1.165) is 16.7 Å². The van der Waals surface area contributed by atoms with Crippen LogP contribution in [0.25, 0.3) is 0 Å². The summed E-state index contributed by atoms with van der Waals surface area (Å²) in [7, 11) is 0. The van der Waals surface area contributed by atoms with Crippen LogP contribution in [0, 0.1) is 18.3 Å². The number of amides is 3. The maximum absolute atomic E-state index is 12.0. The summed E-state index contributed by atoms with van der Waals surface area (Å²) in [6, 6.07) is 16.3. The van der Waals surface area contributed by atoms with E-state index in [-0.39, 0.29) is 18.5 Å². The highest BCUT2D eigenvalue weighted by Gasteiger charge is 2.10. The predicted molar refractivity (Wildman–Crippen MR) is 99.1 cm³/mol. The third kappa shape index (κ3) is 5.95. The van der Waals surface area contributed by atoms with Crippen molar-refractivity contribution >= 4 is 11.9 Å². The molecule has 26 heavy (non-hydrogen) atoms. The summed E-state index contributed by atoms with van der Waals surface area (Å²) in [5, 5.41) is 16.8. The average Bonchev–Trinajstić information content (AvgIpc) is 2.66. The number of benzene rings is 2. The van der Waals surface area contributed by atoms with Crippen molar-refractivity contribution in [2.24, 2.45) is 0 Å². The fourth-order valence-corrected chi connectivity index (χ4v) is 2.33. The minimum absolute atomic E-state index is 0.111. The minimum atomic E-state index is -0.397. The topological polar surface area (TPSA) is 94.0 Å². The van der Waals surface area contributed by atoms with Gasteiger partial charge in [-0.3, -0.25) is 4.79 Å². The van der Waals surface area contributed by atoms with Gasteiger partial charge in [-0.2, -0.15) is 5.26 Å². The van der Waals surface area contributed by atoms with Crippen molar-refractivity contribution in [2.75, 3.05) is 6.54 Å². The second kappa shape index (κ2) is 9.23. The van der Waals surface area contributed by atoms with E-state index in [4.69, 9.17) is 5.26 Å². The molecule has 0 aliphatic heterocycles. The highest BCUT2D eigenvalue weighted by Crippen LogP contribution is 2.12. The monoisotopic (exact) mass is 350 g/mol. The number of aryl methyl sites for hydroxylation is 1. The fraction of sp³-hybridized carbons (Fsp3) is 0.250. The van der Waals surface area contributed by atoms with Crippen molar-refractivity contribution in [1.82, 2.24) is 16.0 Å². The maximum atomic E-state index is 12.0.